The summed E-state index contributed by atoms with van der Waals surface area (Å²) in [6.45, 7) is 3.10. The SMILES string of the molecule is CC(C)(O)Cn1cnc2c(-c3cccnc3)nc(-c3cnc(C(F)(F)F)s3)cc2c1=O. The summed E-state index contributed by atoms with van der Waals surface area (Å²) in [6.07, 6.45) is 0.924. The number of nitrogens with zero attached hydrogens (tertiary/aromatic N) is 5. The fourth-order valence-corrected chi connectivity index (χ4v) is 3.79. The van der Waals surface area contributed by atoms with Gasteiger partial charge in [-0.05, 0) is 32.0 Å². The van der Waals surface area contributed by atoms with Crippen molar-refractivity contribution in [3.63, 3.8) is 0 Å². The van der Waals surface area contributed by atoms with Crippen LogP contribution in [0, 0.1) is 0 Å². The Morgan fingerprint density at radius 1 is 1.19 bits per heavy atom. The highest BCUT2D eigenvalue weighted by atomic mass is 32.1. The molecule has 160 valence electrons. The summed E-state index contributed by atoms with van der Waals surface area (Å²) in [5, 5.41) is 9.25. The lowest BCUT2D eigenvalue weighted by atomic mass is 10.1. The van der Waals surface area contributed by atoms with E-state index in [4.69, 9.17) is 0 Å². The summed E-state index contributed by atoms with van der Waals surface area (Å²) < 4.78 is 40.3. The zero-order valence-electron chi connectivity index (χ0n) is 16.4. The van der Waals surface area contributed by atoms with Crippen LogP contribution in [-0.2, 0) is 12.7 Å². The molecule has 0 unspecified atom stereocenters. The third-order valence-corrected chi connectivity index (χ3v) is 5.37. The lowest BCUT2D eigenvalue weighted by Crippen LogP contribution is -2.33. The molecule has 1 N–H and O–H groups in total. The molecule has 31 heavy (non-hydrogen) atoms. The van der Waals surface area contributed by atoms with Gasteiger partial charge in [0, 0.05) is 24.2 Å². The Kier molecular flexibility index (Phi) is 5.10. The van der Waals surface area contributed by atoms with E-state index in [1.807, 2.05) is 0 Å². The normalized spacial score (nSPS) is 12.5. The Balaban J connectivity index is 1.98. The monoisotopic (exact) mass is 447 g/mol. The summed E-state index contributed by atoms with van der Waals surface area (Å²) in [5.74, 6) is 0. The highest BCUT2D eigenvalue weighted by molar-refractivity contribution is 7.15. The predicted octanol–water partition coefficient (Wildman–Crippen LogP) is 3.77. The second-order valence-corrected chi connectivity index (χ2v) is 8.54. The van der Waals surface area contributed by atoms with Crippen LogP contribution in [-0.4, -0.2) is 35.2 Å². The number of aromatic nitrogens is 5. The van der Waals surface area contributed by atoms with Crippen molar-refractivity contribution in [2.24, 2.45) is 0 Å². The number of fused-ring (bicyclic) bond motifs is 1. The van der Waals surface area contributed by atoms with Crippen LogP contribution in [0.15, 0.2) is 47.9 Å². The van der Waals surface area contributed by atoms with Gasteiger partial charge in [0.1, 0.15) is 5.52 Å². The van der Waals surface area contributed by atoms with E-state index >= 15 is 0 Å². The van der Waals surface area contributed by atoms with Gasteiger partial charge in [0.15, 0.2) is 5.01 Å². The number of thiazole rings is 1. The Hall–Kier alpha value is -3.18. The van der Waals surface area contributed by atoms with Gasteiger partial charge in [-0.3, -0.25) is 14.3 Å². The van der Waals surface area contributed by atoms with E-state index in [-0.39, 0.29) is 28.0 Å². The number of aliphatic hydroxyl groups is 1. The minimum atomic E-state index is -4.58. The van der Waals surface area contributed by atoms with Crippen molar-refractivity contribution in [1.82, 2.24) is 24.5 Å². The second kappa shape index (κ2) is 7.50. The molecule has 0 fully saturated rings. The fourth-order valence-electron chi connectivity index (χ4n) is 3.05. The molecule has 0 bridgehead atoms. The first-order valence-electron chi connectivity index (χ1n) is 9.09. The molecule has 0 saturated heterocycles. The van der Waals surface area contributed by atoms with Gasteiger partial charge in [0.05, 0.1) is 40.1 Å². The third kappa shape index (κ3) is 4.32. The summed E-state index contributed by atoms with van der Waals surface area (Å²) in [4.78, 5) is 29.6. The highest BCUT2D eigenvalue weighted by Crippen LogP contribution is 2.37. The molecule has 0 saturated carbocycles. The van der Waals surface area contributed by atoms with Crippen LogP contribution in [0.25, 0.3) is 32.7 Å². The van der Waals surface area contributed by atoms with Gasteiger partial charge in [-0.25, -0.2) is 15.0 Å². The zero-order chi connectivity index (χ0) is 22.4. The van der Waals surface area contributed by atoms with Crippen LogP contribution in [0.1, 0.15) is 18.9 Å². The Bertz CT molecular complexity index is 1310. The number of alkyl halides is 3. The first-order chi connectivity index (χ1) is 14.5. The molecular weight excluding hydrogens is 431 g/mol. The quantitative estimate of drug-likeness (QED) is 0.512. The van der Waals surface area contributed by atoms with E-state index in [1.165, 1.54) is 23.2 Å². The maximum atomic E-state index is 13.1. The van der Waals surface area contributed by atoms with E-state index in [9.17, 15) is 23.1 Å². The van der Waals surface area contributed by atoms with E-state index in [0.29, 0.717) is 22.6 Å². The van der Waals surface area contributed by atoms with Gasteiger partial charge in [-0.1, -0.05) is 0 Å². The van der Waals surface area contributed by atoms with E-state index in [2.05, 4.69) is 19.9 Å². The van der Waals surface area contributed by atoms with Crippen molar-refractivity contribution in [3.05, 3.63) is 58.5 Å². The van der Waals surface area contributed by atoms with Crippen LogP contribution in [0.4, 0.5) is 13.2 Å². The molecule has 0 atom stereocenters. The molecule has 4 aromatic heterocycles. The Morgan fingerprint density at radius 3 is 2.58 bits per heavy atom. The zero-order valence-corrected chi connectivity index (χ0v) is 17.2. The lowest BCUT2D eigenvalue weighted by molar-refractivity contribution is -0.137. The van der Waals surface area contributed by atoms with E-state index in [1.54, 1.807) is 32.2 Å². The number of halogens is 3. The second-order valence-electron chi connectivity index (χ2n) is 7.51. The molecule has 0 aliphatic carbocycles. The molecule has 4 aromatic rings. The number of hydrogen-bond donors (Lipinski definition) is 1. The Labute approximate surface area is 177 Å². The number of pyridine rings is 2. The van der Waals surface area contributed by atoms with Crippen LogP contribution >= 0.6 is 11.3 Å². The fraction of sp³-hybridized carbons (Fsp3) is 0.250. The molecule has 7 nitrogen and oxygen atoms in total. The van der Waals surface area contributed by atoms with Gasteiger partial charge in [-0.2, -0.15) is 13.2 Å². The molecular formula is C20H16F3N5O2S. The molecule has 0 aromatic carbocycles. The minimum absolute atomic E-state index is 0.00651. The molecule has 4 heterocycles. The van der Waals surface area contributed by atoms with Crippen molar-refractivity contribution in [2.45, 2.75) is 32.2 Å². The maximum absolute atomic E-state index is 13.1. The van der Waals surface area contributed by atoms with Gasteiger partial charge in [-0.15, -0.1) is 11.3 Å². The topological polar surface area (TPSA) is 93.8 Å². The van der Waals surface area contributed by atoms with Crippen LogP contribution in [0.5, 0.6) is 0 Å². The first-order valence-corrected chi connectivity index (χ1v) is 9.91. The smallest absolute Gasteiger partial charge is 0.389 e. The van der Waals surface area contributed by atoms with Crippen LogP contribution in [0.2, 0.25) is 0 Å². The molecule has 4 rings (SSSR count). The maximum Gasteiger partial charge on any atom is 0.443 e. The van der Waals surface area contributed by atoms with Crippen molar-refractivity contribution < 1.29 is 18.3 Å². The van der Waals surface area contributed by atoms with Crippen molar-refractivity contribution >= 4 is 22.2 Å². The standard InChI is InChI=1S/C20H16F3N5O2S/c1-19(2,30)9-28-10-26-16-12(17(28)29)6-13(14-8-25-18(31-14)20(21,22)23)27-15(16)11-4-3-5-24-7-11/h3-8,10,30H,9H2,1-2H3. The first kappa shape index (κ1) is 21.1. The minimum Gasteiger partial charge on any atom is -0.389 e. The van der Waals surface area contributed by atoms with Gasteiger partial charge >= 0.3 is 6.18 Å². The van der Waals surface area contributed by atoms with Gasteiger partial charge in [0.2, 0.25) is 0 Å². The molecule has 0 radical (unpaired) electrons. The van der Waals surface area contributed by atoms with Crippen LogP contribution in [0.3, 0.4) is 0 Å². The van der Waals surface area contributed by atoms with Crippen molar-refractivity contribution in [3.8, 4) is 21.8 Å². The lowest BCUT2D eigenvalue weighted by Gasteiger charge is -2.18. The molecule has 0 spiro atoms. The van der Waals surface area contributed by atoms with Gasteiger partial charge < -0.3 is 5.11 Å². The molecule has 0 amide bonds. The summed E-state index contributed by atoms with van der Waals surface area (Å²) in [7, 11) is 0. The van der Waals surface area contributed by atoms with Crippen molar-refractivity contribution in [2.75, 3.05) is 0 Å². The highest BCUT2D eigenvalue weighted by Gasteiger charge is 2.35. The van der Waals surface area contributed by atoms with E-state index < -0.39 is 22.3 Å². The van der Waals surface area contributed by atoms with Crippen molar-refractivity contribution in [1.29, 1.82) is 0 Å². The number of hydrogen-bond acceptors (Lipinski definition) is 7. The average Bonchev–Trinajstić information content (AvgIpc) is 3.20. The van der Waals surface area contributed by atoms with Gasteiger partial charge in [0.25, 0.3) is 5.56 Å². The molecule has 0 aliphatic rings. The largest absolute Gasteiger partial charge is 0.443 e. The third-order valence-electron chi connectivity index (χ3n) is 4.30. The number of rotatable bonds is 4. The Morgan fingerprint density at radius 2 is 1.97 bits per heavy atom. The molecule has 11 heteroatoms. The van der Waals surface area contributed by atoms with Crippen LogP contribution < -0.4 is 5.56 Å². The molecule has 0 aliphatic heterocycles. The van der Waals surface area contributed by atoms with E-state index in [0.717, 1.165) is 6.20 Å². The predicted molar refractivity (Wildman–Crippen MR) is 109 cm³/mol. The summed E-state index contributed by atoms with van der Waals surface area (Å²) in [6, 6.07) is 4.80. The average molecular weight is 447 g/mol. The summed E-state index contributed by atoms with van der Waals surface area (Å²) >= 11 is 0.442. The summed E-state index contributed by atoms with van der Waals surface area (Å²) in [5.41, 5.74) is -0.285.